The van der Waals surface area contributed by atoms with Crippen LogP contribution in [0.25, 0.3) is 0 Å². The lowest BCUT2D eigenvalue weighted by Gasteiger charge is -2.41. The molecule has 0 radical (unpaired) electrons. The average molecular weight is 327 g/mol. The number of carbonyl (C=O) groups excluding carboxylic acids is 1. The van der Waals surface area contributed by atoms with Gasteiger partial charge in [0.05, 0.1) is 0 Å². The summed E-state index contributed by atoms with van der Waals surface area (Å²) in [7, 11) is 1.96. The Morgan fingerprint density at radius 2 is 2.04 bits per heavy atom. The first-order valence-electron chi connectivity index (χ1n) is 8.55. The molecule has 0 saturated carbocycles. The molecule has 1 atom stereocenters. The van der Waals surface area contributed by atoms with Gasteiger partial charge in [0, 0.05) is 44.1 Å². The molecule has 0 bridgehead atoms. The number of carbonyl (C=O) groups is 1. The summed E-state index contributed by atoms with van der Waals surface area (Å²) in [6.07, 6.45) is 7.98. The van der Waals surface area contributed by atoms with Crippen LogP contribution in [-0.4, -0.2) is 46.0 Å². The smallest absolute Gasteiger partial charge is 0.270 e. The summed E-state index contributed by atoms with van der Waals surface area (Å²) in [6.45, 7) is 14.5. The van der Waals surface area contributed by atoms with Crippen LogP contribution in [0.4, 0.5) is 0 Å². The van der Waals surface area contributed by atoms with Gasteiger partial charge < -0.3 is 14.4 Å². The molecule has 2 rings (SSSR count). The van der Waals surface area contributed by atoms with Gasteiger partial charge in [0.1, 0.15) is 5.69 Å². The Labute approximate surface area is 145 Å². The van der Waals surface area contributed by atoms with E-state index in [1.54, 1.807) is 0 Å². The molecular formula is C20H29N3O. The second-order valence-electron chi connectivity index (χ2n) is 6.47. The summed E-state index contributed by atoms with van der Waals surface area (Å²) in [5.41, 5.74) is 4.19. The van der Waals surface area contributed by atoms with Crippen molar-refractivity contribution in [2.24, 2.45) is 7.05 Å². The predicted molar refractivity (Wildman–Crippen MR) is 100 cm³/mol. The Morgan fingerprint density at radius 1 is 1.33 bits per heavy atom. The Bertz CT molecular complexity index is 681. The SMILES string of the molecule is C=C/C(=C\C=C/C)N1CCN(C(=O)c2cc(C)c(C)n2C)C(C)C1. The standard InChI is InChI=1S/C20H29N3O/c1-7-9-10-18(8-2)22-11-12-23(16(4)14-22)20(24)19-13-15(3)17(5)21(19)6/h7-10,13,16H,2,11-12,14H2,1,3-6H3/b9-7-,18-10+. The van der Waals surface area contributed by atoms with E-state index in [0.29, 0.717) is 0 Å². The highest BCUT2D eigenvalue weighted by molar-refractivity contribution is 5.93. The molecule has 4 heteroatoms. The number of hydrogen-bond donors (Lipinski definition) is 0. The lowest BCUT2D eigenvalue weighted by molar-refractivity contribution is 0.0538. The van der Waals surface area contributed by atoms with Crippen LogP contribution in [-0.2, 0) is 7.05 Å². The van der Waals surface area contributed by atoms with E-state index in [4.69, 9.17) is 0 Å². The number of aromatic nitrogens is 1. The minimum absolute atomic E-state index is 0.124. The first kappa shape index (κ1) is 18.1. The van der Waals surface area contributed by atoms with Gasteiger partial charge in [-0.3, -0.25) is 4.79 Å². The molecular weight excluding hydrogens is 298 g/mol. The van der Waals surface area contributed by atoms with Gasteiger partial charge in [0.15, 0.2) is 0 Å². The van der Waals surface area contributed by atoms with Crippen LogP contribution in [0.2, 0.25) is 0 Å². The van der Waals surface area contributed by atoms with Gasteiger partial charge in [-0.15, -0.1) is 0 Å². The fraction of sp³-hybridized carbons (Fsp3) is 0.450. The number of hydrogen-bond acceptors (Lipinski definition) is 2. The molecule has 1 aliphatic rings. The van der Waals surface area contributed by atoms with Crippen molar-refractivity contribution < 1.29 is 4.79 Å². The monoisotopic (exact) mass is 327 g/mol. The van der Waals surface area contributed by atoms with Crippen LogP contribution in [0.5, 0.6) is 0 Å². The van der Waals surface area contributed by atoms with Crippen molar-refractivity contribution >= 4 is 5.91 Å². The molecule has 0 aromatic carbocycles. The Balaban J connectivity index is 2.14. The van der Waals surface area contributed by atoms with E-state index in [1.807, 2.05) is 47.7 Å². The molecule has 1 fully saturated rings. The number of nitrogens with zero attached hydrogens (tertiary/aromatic N) is 3. The van der Waals surface area contributed by atoms with Gasteiger partial charge in [-0.05, 0) is 51.5 Å². The quantitative estimate of drug-likeness (QED) is 0.793. The van der Waals surface area contributed by atoms with Crippen molar-refractivity contribution in [3.05, 3.63) is 59.6 Å². The highest BCUT2D eigenvalue weighted by atomic mass is 16.2. The molecule has 1 aromatic heterocycles. The molecule has 1 amide bonds. The number of rotatable bonds is 4. The van der Waals surface area contributed by atoms with Crippen molar-refractivity contribution in [2.75, 3.05) is 19.6 Å². The van der Waals surface area contributed by atoms with Gasteiger partial charge in [-0.25, -0.2) is 0 Å². The summed E-state index contributed by atoms with van der Waals surface area (Å²) < 4.78 is 2.00. The maximum absolute atomic E-state index is 13.0. The maximum Gasteiger partial charge on any atom is 0.270 e. The third kappa shape index (κ3) is 3.48. The lowest BCUT2D eigenvalue weighted by Crippen LogP contribution is -2.53. The zero-order valence-electron chi connectivity index (χ0n) is 15.5. The molecule has 4 nitrogen and oxygen atoms in total. The Hall–Kier alpha value is -2.23. The van der Waals surface area contributed by atoms with Gasteiger partial charge in [-0.1, -0.05) is 18.7 Å². The van der Waals surface area contributed by atoms with Crippen LogP contribution < -0.4 is 0 Å². The minimum atomic E-state index is 0.124. The Kier molecular flexibility index (Phi) is 5.71. The first-order chi connectivity index (χ1) is 11.4. The molecule has 0 aliphatic carbocycles. The summed E-state index contributed by atoms with van der Waals surface area (Å²) in [4.78, 5) is 17.2. The molecule has 1 unspecified atom stereocenters. The predicted octanol–water partition coefficient (Wildman–Crippen LogP) is 3.43. The van der Waals surface area contributed by atoms with Gasteiger partial charge in [0.2, 0.25) is 0 Å². The molecule has 0 spiro atoms. The molecule has 1 aliphatic heterocycles. The molecule has 0 N–H and O–H groups in total. The van der Waals surface area contributed by atoms with Crippen LogP contribution in [0, 0.1) is 13.8 Å². The van der Waals surface area contributed by atoms with Gasteiger partial charge in [0.25, 0.3) is 5.91 Å². The zero-order chi connectivity index (χ0) is 17.9. The van der Waals surface area contributed by atoms with Crippen molar-refractivity contribution in [3.8, 4) is 0 Å². The second kappa shape index (κ2) is 7.56. The van der Waals surface area contributed by atoms with E-state index in [1.165, 1.54) is 0 Å². The van der Waals surface area contributed by atoms with E-state index in [2.05, 4.69) is 38.3 Å². The Morgan fingerprint density at radius 3 is 2.54 bits per heavy atom. The second-order valence-corrected chi connectivity index (χ2v) is 6.47. The zero-order valence-corrected chi connectivity index (χ0v) is 15.5. The third-order valence-electron chi connectivity index (χ3n) is 4.93. The molecule has 1 aromatic rings. The van der Waals surface area contributed by atoms with E-state index < -0.39 is 0 Å². The summed E-state index contributed by atoms with van der Waals surface area (Å²) in [5, 5.41) is 0. The highest BCUT2D eigenvalue weighted by Gasteiger charge is 2.30. The van der Waals surface area contributed by atoms with Crippen LogP contribution in [0.15, 0.2) is 42.6 Å². The average Bonchev–Trinajstić information content (AvgIpc) is 2.82. The largest absolute Gasteiger partial charge is 0.368 e. The van der Waals surface area contributed by atoms with Gasteiger partial charge in [-0.2, -0.15) is 0 Å². The van der Waals surface area contributed by atoms with E-state index in [0.717, 1.165) is 42.3 Å². The molecule has 2 heterocycles. The molecule has 24 heavy (non-hydrogen) atoms. The summed E-state index contributed by atoms with van der Waals surface area (Å²) in [6, 6.07) is 2.16. The topological polar surface area (TPSA) is 28.5 Å². The number of piperazine rings is 1. The van der Waals surface area contributed by atoms with Crippen LogP contribution in [0.1, 0.15) is 35.6 Å². The van der Waals surface area contributed by atoms with Crippen molar-refractivity contribution in [1.29, 1.82) is 0 Å². The molecule has 1 saturated heterocycles. The van der Waals surface area contributed by atoms with E-state index >= 15 is 0 Å². The van der Waals surface area contributed by atoms with Gasteiger partial charge >= 0.3 is 0 Å². The van der Waals surface area contributed by atoms with Crippen LogP contribution >= 0.6 is 0 Å². The van der Waals surface area contributed by atoms with Crippen LogP contribution in [0.3, 0.4) is 0 Å². The fourth-order valence-electron chi connectivity index (χ4n) is 3.20. The first-order valence-corrected chi connectivity index (χ1v) is 8.55. The normalized spacial score (nSPS) is 19.2. The van der Waals surface area contributed by atoms with E-state index in [-0.39, 0.29) is 11.9 Å². The van der Waals surface area contributed by atoms with E-state index in [9.17, 15) is 4.79 Å². The van der Waals surface area contributed by atoms with Crippen molar-refractivity contribution in [1.82, 2.24) is 14.4 Å². The minimum Gasteiger partial charge on any atom is -0.368 e. The van der Waals surface area contributed by atoms with Crippen molar-refractivity contribution in [2.45, 2.75) is 33.7 Å². The molecule has 130 valence electrons. The number of allylic oxidation sites excluding steroid dienone is 4. The van der Waals surface area contributed by atoms with Crippen molar-refractivity contribution in [3.63, 3.8) is 0 Å². The number of amides is 1. The maximum atomic E-state index is 13.0. The highest BCUT2D eigenvalue weighted by Crippen LogP contribution is 2.20. The third-order valence-corrected chi connectivity index (χ3v) is 4.93. The lowest BCUT2D eigenvalue weighted by atomic mass is 10.1. The fourth-order valence-corrected chi connectivity index (χ4v) is 3.20. The summed E-state index contributed by atoms with van der Waals surface area (Å²) in [5.74, 6) is 0.124. The summed E-state index contributed by atoms with van der Waals surface area (Å²) >= 11 is 0. The number of aryl methyl sites for hydroxylation is 1.